The molecule has 1 aromatic heterocycles. The molecular formula is C31H25BrFIN2O4S. The van der Waals surface area contributed by atoms with E-state index in [0.29, 0.717) is 31.9 Å². The minimum Gasteiger partial charge on any atom is -0.487 e. The molecule has 0 unspecified atom stereocenters. The van der Waals surface area contributed by atoms with Crippen molar-refractivity contribution < 1.29 is 18.7 Å². The zero-order chi connectivity index (χ0) is 29.3. The molecule has 0 amide bonds. The fraction of sp³-hybridized carbons (Fsp3) is 0.194. The third-order valence-corrected chi connectivity index (χ3v) is 8.77. The van der Waals surface area contributed by atoms with Crippen LogP contribution in [0.15, 0.2) is 86.2 Å². The molecule has 3 aromatic carbocycles. The number of esters is 1. The maximum Gasteiger partial charge on any atom is 0.338 e. The molecule has 41 heavy (non-hydrogen) atoms. The number of hydrogen-bond donors (Lipinski definition) is 0. The Morgan fingerprint density at radius 1 is 1.15 bits per heavy atom. The molecule has 5 rings (SSSR count). The maximum absolute atomic E-state index is 14.0. The van der Waals surface area contributed by atoms with Gasteiger partial charge in [0, 0.05) is 10.0 Å². The Hall–Kier alpha value is -3.09. The van der Waals surface area contributed by atoms with Gasteiger partial charge in [-0.15, -0.1) is 0 Å². The van der Waals surface area contributed by atoms with Gasteiger partial charge >= 0.3 is 5.97 Å². The van der Waals surface area contributed by atoms with Gasteiger partial charge in [0.1, 0.15) is 18.2 Å². The molecule has 0 aliphatic carbocycles. The first kappa shape index (κ1) is 29.4. The lowest BCUT2D eigenvalue weighted by Gasteiger charge is -2.24. The van der Waals surface area contributed by atoms with Crippen molar-refractivity contribution in [3.8, 4) is 5.75 Å². The number of nitrogens with zero attached hydrogens (tertiary/aromatic N) is 2. The number of allylic oxidation sites excluding steroid dienone is 1. The van der Waals surface area contributed by atoms with E-state index in [1.54, 1.807) is 36.6 Å². The summed E-state index contributed by atoms with van der Waals surface area (Å²) < 4.78 is 28.6. The number of benzene rings is 3. The molecule has 1 aliphatic heterocycles. The molecule has 1 aliphatic rings. The molecular weight excluding hydrogens is 722 g/mol. The minimum atomic E-state index is -0.676. The number of aromatic nitrogens is 1. The summed E-state index contributed by atoms with van der Waals surface area (Å²) in [6.45, 7) is 5.94. The molecule has 0 bridgehead atoms. The smallest absolute Gasteiger partial charge is 0.338 e. The van der Waals surface area contributed by atoms with Gasteiger partial charge in [0.15, 0.2) is 4.80 Å². The van der Waals surface area contributed by atoms with E-state index in [2.05, 4.69) is 43.5 Å². The van der Waals surface area contributed by atoms with Crippen LogP contribution < -0.4 is 19.6 Å². The molecule has 0 saturated heterocycles. The molecule has 10 heteroatoms. The highest BCUT2D eigenvalue weighted by Crippen LogP contribution is 2.33. The summed E-state index contributed by atoms with van der Waals surface area (Å²) in [5, 5.41) is 0. The summed E-state index contributed by atoms with van der Waals surface area (Å²) in [6.07, 6.45) is 1.78. The predicted octanol–water partition coefficient (Wildman–Crippen LogP) is 6.19. The lowest BCUT2D eigenvalue weighted by molar-refractivity contribution is -0.139. The Labute approximate surface area is 262 Å². The standard InChI is InChI=1S/C31H25BrFIN2O4S/c1-4-39-30(38)26-18(3)35-31-36(27(26)20-9-5-17(2)6-10-20)29(37)25(41-31)14-21-13-22(32)15-24(34)28(21)40-16-19-7-11-23(33)12-8-19/h5-15,27H,4,16H2,1-3H3/b25-14-/t27-/m0/s1. The largest absolute Gasteiger partial charge is 0.487 e. The van der Waals surface area contributed by atoms with Gasteiger partial charge in [0.05, 0.1) is 32.0 Å². The predicted molar refractivity (Wildman–Crippen MR) is 169 cm³/mol. The van der Waals surface area contributed by atoms with Crippen molar-refractivity contribution in [3.05, 3.63) is 128 Å². The molecule has 0 fully saturated rings. The van der Waals surface area contributed by atoms with Crippen LogP contribution in [0.5, 0.6) is 5.75 Å². The van der Waals surface area contributed by atoms with Crippen molar-refractivity contribution in [3.63, 3.8) is 0 Å². The molecule has 0 N–H and O–H groups in total. The molecule has 4 aromatic rings. The Balaban J connectivity index is 1.64. The fourth-order valence-electron chi connectivity index (χ4n) is 4.57. The number of ether oxygens (including phenoxy) is 2. The number of carbonyl (C=O) groups is 1. The van der Waals surface area contributed by atoms with Crippen LogP contribution in [0.25, 0.3) is 6.08 Å². The average molecular weight is 747 g/mol. The first-order valence-electron chi connectivity index (χ1n) is 12.8. The Kier molecular flexibility index (Phi) is 8.91. The second-order valence-electron chi connectivity index (χ2n) is 9.43. The fourth-order valence-corrected chi connectivity index (χ4v) is 7.32. The summed E-state index contributed by atoms with van der Waals surface area (Å²) in [6, 6.07) is 17.0. The lowest BCUT2D eigenvalue weighted by Crippen LogP contribution is -2.39. The first-order valence-corrected chi connectivity index (χ1v) is 15.5. The topological polar surface area (TPSA) is 69.9 Å². The van der Waals surface area contributed by atoms with Crippen LogP contribution >= 0.6 is 49.9 Å². The monoisotopic (exact) mass is 746 g/mol. The average Bonchev–Trinajstić information content (AvgIpc) is 3.23. The highest BCUT2D eigenvalue weighted by atomic mass is 127. The first-order chi connectivity index (χ1) is 19.7. The highest BCUT2D eigenvalue weighted by Gasteiger charge is 2.33. The van der Waals surface area contributed by atoms with Crippen LogP contribution in [0.2, 0.25) is 0 Å². The van der Waals surface area contributed by atoms with Crippen LogP contribution in [0, 0.1) is 16.3 Å². The van der Waals surface area contributed by atoms with Gasteiger partial charge in [-0.3, -0.25) is 9.36 Å². The Bertz CT molecular complexity index is 1850. The lowest BCUT2D eigenvalue weighted by atomic mass is 9.95. The second kappa shape index (κ2) is 12.4. The van der Waals surface area contributed by atoms with Gasteiger partial charge in [-0.2, -0.15) is 0 Å². The number of thiazole rings is 1. The summed E-state index contributed by atoms with van der Waals surface area (Å²) in [7, 11) is 0. The Morgan fingerprint density at radius 2 is 1.85 bits per heavy atom. The van der Waals surface area contributed by atoms with Crippen LogP contribution in [0.1, 0.15) is 42.1 Å². The van der Waals surface area contributed by atoms with Gasteiger partial charge in [-0.1, -0.05) is 69.2 Å². The van der Waals surface area contributed by atoms with Gasteiger partial charge in [0.2, 0.25) is 0 Å². The maximum atomic E-state index is 14.0. The highest BCUT2D eigenvalue weighted by molar-refractivity contribution is 14.1. The number of carbonyl (C=O) groups excluding carboxylic acids is 1. The SMILES string of the molecule is CCOC(=O)C1=C(C)N=c2s/c(=C\c3cc(Br)cc(I)c3OCc3ccc(F)cc3)c(=O)n2[C@H]1c1ccc(C)cc1. The van der Waals surface area contributed by atoms with E-state index in [4.69, 9.17) is 9.47 Å². The van der Waals surface area contributed by atoms with E-state index >= 15 is 0 Å². The summed E-state index contributed by atoms with van der Waals surface area (Å²) in [5.74, 6) is -0.206. The number of rotatable bonds is 7. The minimum absolute atomic E-state index is 0.211. The summed E-state index contributed by atoms with van der Waals surface area (Å²) in [5.41, 5.74) is 3.96. The molecule has 0 spiro atoms. The van der Waals surface area contributed by atoms with E-state index in [1.165, 1.54) is 23.5 Å². The third-order valence-electron chi connectivity index (χ3n) is 6.53. The van der Waals surface area contributed by atoms with Crippen molar-refractivity contribution in [1.82, 2.24) is 4.57 Å². The quantitative estimate of drug-likeness (QED) is 0.167. The van der Waals surface area contributed by atoms with Crippen molar-refractivity contribution >= 4 is 61.9 Å². The number of halogens is 3. The zero-order valence-electron chi connectivity index (χ0n) is 22.4. The van der Waals surface area contributed by atoms with E-state index in [0.717, 1.165) is 24.7 Å². The Morgan fingerprint density at radius 3 is 2.54 bits per heavy atom. The molecule has 210 valence electrons. The number of aryl methyl sites for hydroxylation is 1. The van der Waals surface area contributed by atoms with Gasteiger partial charge in [-0.25, -0.2) is 14.2 Å². The van der Waals surface area contributed by atoms with Crippen molar-refractivity contribution in [2.45, 2.75) is 33.4 Å². The van der Waals surface area contributed by atoms with Crippen LogP contribution in [0.4, 0.5) is 4.39 Å². The molecule has 6 nitrogen and oxygen atoms in total. The van der Waals surface area contributed by atoms with Gasteiger partial charge in [0.25, 0.3) is 5.56 Å². The van der Waals surface area contributed by atoms with E-state index in [9.17, 15) is 14.0 Å². The molecule has 1 atom stereocenters. The van der Waals surface area contributed by atoms with Crippen LogP contribution in [-0.4, -0.2) is 17.1 Å². The second-order valence-corrected chi connectivity index (χ2v) is 12.5. The van der Waals surface area contributed by atoms with Crippen LogP contribution in [0.3, 0.4) is 0 Å². The molecule has 0 radical (unpaired) electrons. The van der Waals surface area contributed by atoms with Crippen molar-refractivity contribution in [2.75, 3.05) is 6.61 Å². The summed E-state index contributed by atoms with van der Waals surface area (Å²) >= 11 is 7.00. The van der Waals surface area contributed by atoms with Gasteiger partial charge in [-0.05, 0) is 84.8 Å². The van der Waals surface area contributed by atoms with E-state index < -0.39 is 12.0 Å². The van der Waals surface area contributed by atoms with Crippen molar-refractivity contribution in [2.24, 2.45) is 4.99 Å². The summed E-state index contributed by atoms with van der Waals surface area (Å²) in [4.78, 5) is 32.3. The van der Waals surface area contributed by atoms with E-state index in [-0.39, 0.29) is 24.6 Å². The third kappa shape index (κ3) is 6.24. The number of fused-ring (bicyclic) bond motifs is 1. The van der Waals surface area contributed by atoms with Crippen molar-refractivity contribution in [1.29, 1.82) is 0 Å². The molecule has 0 saturated carbocycles. The zero-order valence-corrected chi connectivity index (χ0v) is 27.0. The van der Waals surface area contributed by atoms with Crippen LogP contribution in [-0.2, 0) is 16.1 Å². The molecule has 2 heterocycles. The normalized spacial score (nSPS) is 15.0. The van der Waals surface area contributed by atoms with Gasteiger partial charge < -0.3 is 9.47 Å². The number of hydrogen-bond acceptors (Lipinski definition) is 6. The van der Waals surface area contributed by atoms with E-state index in [1.807, 2.05) is 43.3 Å².